The van der Waals surface area contributed by atoms with Crippen molar-refractivity contribution in [2.24, 2.45) is 0 Å². The molecule has 0 unspecified atom stereocenters. The van der Waals surface area contributed by atoms with Crippen molar-refractivity contribution in [3.05, 3.63) is 78.2 Å². The van der Waals surface area contributed by atoms with Gasteiger partial charge in [0.05, 0.1) is 12.1 Å². The summed E-state index contributed by atoms with van der Waals surface area (Å²) >= 11 is 0. The van der Waals surface area contributed by atoms with E-state index in [2.05, 4.69) is 19.1 Å². The predicted octanol–water partition coefficient (Wildman–Crippen LogP) is 0.777. The molecule has 0 atom stereocenters. The number of aliphatic hydroxyl groups excluding tert-OH is 1. The van der Waals surface area contributed by atoms with Crippen LogP contribution >= 0.6 is 0 Å². The van der Waals surface area contributed by atoms with E-state index in [1.54, 1.807) is 0 Å². The SMILES string of the molecule is [CH2-]c1ccccc1C(=O)N(CCO)C1(c2ccccc2)CCCC1.[Li+]. The number of hydrogen-bond donors (Lipinski definition) is 1. The normalized spacial score (nSPS) is 15.4. The molecule has 1 amide bonds. The van der Waals surface area contributed by atoms with Crippen molar-refractivity contribution in [3.8, 4) is 0 Å². The van der Waals surface area contributed by atoms with Crippen LogP contribution in [-0.2, 0) is 5.54 Å². The summed E-state index contributed by atoms with van der Waals surface area (Å²) in [4.78, 5) is 15.2. The number of carbonyl (C=O) groups excluding carboxylic acids is 1. The number of rotatable bonds is 5. The molecule has 1 aliphatic carbocycles. The van der Waals surface area contributed by atoms with Crippen molar-refractivity contribution in [1.82, 2.24) is 4.90 Å². The third-order valence-corrected chi connectivity index (χ3v) is 5.08. The molecule has 126 valence electrons. The van der Waals surface area contributed by atoms with E-state index in [1.165, 1.54) is 0 Å². The van der Waals surface area contributed by atoms with E-state index in [-0.39, 0.29) is 36.9 Å². The van der Waals surface area contributed by atoms with Crippen molar-refractivity contribution in [2.75, 3.05) is 13.2 Å². The molecular weight excluding hydrogens is 305 g/mol. The monoisotopic (exact) mass is 329 g/mol. The van der Waals surface area contributed by atoms with Gasteiger partial charge in [-0.15, -0.1) is 12.1 Å². The number of benzene rings is 2. The first-order chi connectivity index (χ1) is 11.7. The van der Waals surface area contributed by atoms with Crippen molar-refractivity contribution >= 4 is 5.91 Å². The Morgan fingerprint density at radius 1 is 1.04 bits per heavy atom. The van der Waals surface area contributed by atoms with E-state index >= 15 is 0 Å². The van der Waals surface area contributed by atoms with Gasteiger partial charge in [-0.05, 0) is 18.4 Å². The van der Waals surface area contributed by atoms with Gasteiger partial charge in [-0.1, -0.05) is 54.8 Å². The molecular formula is C21H24LiNO2. The van der Waals surface area contributed by atoms with Crippen molar-refractivity contribution in [3.63, 3.8) is 0 Å². The van der Waals surface area contributed by atoms with Gasteiger partial charge in [-0.2, -0.15) is 18.6 Å². The zero-order valence-corrected chi connectivity index (χ0v) is 14.9. The molecule has 2 aromatic carbocycles. The summed E-state index contributed by atoms with van der Waals surface area (Å²) in [5.74, 6) is -0.0413. The molecule has 0 spiro atoms. The number of amides is 1. The second-order valence-electron chi connectivity index (χ2n) is 6.44. The first-order valence-electron chi connectivity index (χ1n) is 8.58. The summed E-state index contributed by atoms with van der Waals surface area (Å²) < 4.78 is 0. The maximum Gasteiger partial charge on any atom is 1.00 e. The summed E-state index contributed by atoms with van der Waals surface area (Å²) in [7, 11) is 0. The van der Waals surface area contributed by atoms with Crippen LogP contribution in [-0.4, -0.2) is 29.1 Å². The number of aliphatic hydroxyl groups is 1. The van der Waals surface area contributed by atoms with E-state index in [1.807, 2.05) is 47.4 Å². The maximum absolute atomic E-state index is 13.3. The molecule has 0 heterocycles. The predicted molar refractivity (Wildman–Crippen MR) is 95.6 cm³/mol. The molecule has 3 nitrogen and oxygen atoms in total. The van der Waals surface area contributed by atoms with Crippen LogP contribution in [0, 0.1) is 6.92 Å². The third kappa shape index (κ3) is 3.80. The molecule has 0 radical (unpaired) electrons. The molecule has 3 rings (SSSR count). The Morgan fingerprint density at radius 3 is 2.24 bits per heavy atom. The Kier molecular flexibility index (Phi) is 6.78. The topological polar surface area (TPSA) is 40.5 Å². The molecule has 0 bridgehead atoms. The van der Waals surface area contributed by atoms with E-state index in [0.717, 1.165) is 36.8 Å². The van der Waals surface area contributed by atoms with E-state index < -0.39 is 0 Å². The molecule has 1 saturated carbocycles. The average molecular weight is 329 g/mol. The first-order valence-corrected chi connectivity index (χ1v) is 8.58. The minimum atomic E-state index is -0.330. The Bertz CT molecular complexity index is 696. The third-order valence-electron chi connectivity index (χ3n) is 5.08. The summed E-state index contributed by atoms with van der Waals surface area (Å²) in [6.45, 7) is 4.29. The Morgan fingerprint density at radius 2 is 1.64 bits per heavy atom. The molecule has 0 saturated heterocycles. The van der Waals surface area contributed by atoms with Gasteiger partial charge in [-0.3, -0.25) is 4.79 Å². The summed E-state index contributed by atoms with van der Waals surface area (Å²) in [5, 5.41) is 9.61. The summed E-state index contributed by atoms with van der Waals surface area (Å²) in [6.07, 6.45) is 4.05. The quantitative estimate of drug-likeness (QED) is 0.650. The largest absolute Gasteiger partial charge is 1.00 e. The summed E-state index contributed by atoms with van der Waals surface area (Å²) in [5.41, 5.74) is 2.18. The van der Waals surface area contributed by atoms with Crippen molar-refractivity contribution in [2.45, 2.75) is 31.2 Å². The Labute approximate surface area is 162 Å². The van der Waals surface area contributed by atoms with Crippen LogP contribution in [0.15, 0.2) is 54.6 Å². The van der Waals surface area contributed by atoms with Crippen molar-refractivity contribution < 1.29 is 28.8 Å². The molecule has 25 heavy (non-hydrogen) atoms. The number of hydrogen-bond acceptors (Lipinski definition) is 2. The van der Waals surface area contributed by atoms with Gasteiger partial charge in [0.25, 0.3) is 0 Å². The molecule has 1 N–H and O–H groups in total. The van der Waals surface area contributed by atoms with Crippen molar-refractivity contribution in [1.29, 1.82) is 0 Å². The minimum Gasteiger partial charge on any atom is -0.395 e. The van der Waals surface area contributed by atoms with E-state index in [4.69, 9.17) is 0 Å². The fraction of sp³-hybridized carbons (Fsp3) is 0.333. The molecule has 2 aromatic rings. The van der Waals surface area contributed by atoms with Crippen LogP contribution in [0.1, 0.15) is 47.2 Å². The van der Waals surface area contributed by atoms with Gasteiger partial charge >= 0.3 is 18.9 Å². The smallest absolute Gasteiger partial charge is 0.395 e. The van der Waals surface area contributed by atoms with Gasteiger partial charge in [0.2, 0.25) is 0 Å². The van der Waals surface area contributed by atoms with Gasteiger partial charge in [0, 0.05) is 6.54 Å². The molecule has 1 fully saturated rings. The van der Waals surface area contributed by atoms with Crippen LogP contribution in [0.4, 0.5) is 0 Å². The van der Waals surface area contributed by atoms with Crippen LogP contribution in [0.3, 0.4) is 0 Å². The first kappa shape index (κ1) is 19.7. The second-order valence-corrected chi connectivity index (χ2v) is 6.44. The molecule has 4 heteroatoms. The average Bonchev–Trinajstić information content (AvgIpc) is 3.11. The zero-order chi connectivity index (χ0) is 17.0. The molecule has 0 aromatic heterocycles. The van der Waals surface area contributed by atoms with Crippen LogP contribution in [0.5, 0.6) is 0 Å². The standard InChI is InChI=1S/C21H24NO2.Li/c1-17-9-5-6-12-19(17)20(24)22(15-16-23)21(13-7-8-14-21)18-10-3-2-4-11-18;/h2-6,9-12,23H,1,7-8,13-16H2;/q-1;+1. The number of nitrogens with zero attached hydrogens (tertiary/aromatic N) is 1. The van der Waals surface area contributed by atoms with Gasteiger partial charge in [0.15, 0.2) is 5.91 Å². The van der Waals surface area contributed by atoms with Gasteiger partial charge in [0.1, 0.15) is 0 Å². The number of carbonyl (C=O) groups is 1. The summed E-state index contributed by atoms with van der Waals surface area (Å²) in [6, 6.07) is 17.7. The molecule has 1 aliphatic rings. The van der Waals surface area contributed by atoms with Crippen LogP contribution in [0.2, 0.25) is 0 Å². The zero-order valence-electron chi connectivity index (χ0n) is 14.9. The maximum atomic E-state index is 13.3. The fourth-order valence-corrected chi connectivity index (χ4v) is 3.91. The Balaban J connectivity index is 0.00000225. The van der Waals surface area contributed by atoms with Gasteiger partial charge < -0.3 is 10.0 Å². The van der Waals surface area contributed by atoms with Crippen LogP contribution < -0.4 is 18.9 Å². The molecule has 0 aliphatic heterocycles. The fourth-order valence-electron chi connectivity index (χ4n) is 3.91. The van der Waals surface area contributed by atoms with Crippen LogP contribution in [0.25, 0.3) is 0 Å². The second kappa shape index (κ2) is 8.63. The van der Waals surface area contributed by atoms with E-state index in [0.29, 0.717) is 12.1 Å². The van der Waals surface area contributed by atoms with E-state index in [9.17, 15) is 9.90 Å². The minimum absolute atomic E-state index is 0. The Hall–Kier alpha value is -1.66. The van der Waals surface area contributed by atoms with Gasteiger partial charge in [-0.25, -0.2) is 0 Å².